The molecule has 0 aromatic heterocycles. The van der Waals surface area contributed by atoms with Crippen molar-refractivity contribution in [3.63, 3.8) is 0 Å². The number of hydrogen-bond donors (Lipinski definition) is 4. The van der Waals surface area contributed by atoms with Crippen molar-refractivity contribution in [3.05, 3.63) is 24.3 Å². The minimum atomic E-state index is -0.905. The SMILES string of the molecule is CCCCC/C=C\C[C@H]1O[C@H]([C@H](O)/C=C/[C@@H](O)CCCC(=O)O)C[C@H]1O. The zero-order valence-electron chi connectivity index (χ0n) is 15.7. The highest BCUT2D eigenvalue weighted by molar-refractivity contribution is 5.66. The van der Waals surface area contributed by atoms with Crippen molar-refractivity contribution in [2.24, 2.45) is 0 Å². The number of allylic oxidation sites excluding steroid dienone is 1. The third kappa shape index (κ3) is 9.48. The molecule has 1 saturated heterocycles. The van der Waals surface area contributed by atoms with Crippen molar-refractivity contribution in [2.75, 3.05) is 0 Å². The number of rotatable bonds is 13. The van der Waals surface area contributed by atoms with Crippen molar-refractivity contribution in [1.29, 1.82) is 0 Å². The summed E-state index contributed by atoms with van der Waals surface area (Å²) in [6.07, 6.45) is 10.3. The summed E-state index contributed by atoms with van der Waals surface area (Å²) in [7, 11) is 0. The van der Waals surface area contributed by atoms with Crippen LogP contribution >= 0.6 is 0 Å². The van der Waals surface area contributed by atoms with Crippen LogP contribution in [-0.2, 0) is 9.53 Å². The molecular formula is C20H34O6. The first kappa shape index (κ1) is 22.8. The molecule has 1 heterocycles. The van der Waals surface area contributed by atoms with E-state index in [0.29, 0.717) is 25.7 Å². The molecule has 0 aromatic rings. The zero-order chi connectivity index (χ0) is 19.4. The van der Waals surface area contributed by atoms with Crippen LogP contribution in [0.5, 0.6) is 0 Å². The van der Waals surface area contributed by atoms with E-state index in [9.17, 15) is 20.1 Å². The Labute approximate surface area is 156 Å². The molecule has 0 aromatic carbocycles. The maximum atomic E-state index is 10.4. The molecule has 0 radical (unpaired) electrons. The molecule has 1 aliphatic heterocycles. The number of carbonyl (C=O) groups is 1. The standard InChI is InChI=1S/C20H34O6/c1-2-3-4-5-6-7-10-18-17(23)14-19(26-18)16(22)13-12-15(21)9-8-11-20(24)25/h6-7,12-13,15-19,21-23H,2-5,8-11,14H2,1H3,(H,24,25)/b7-6-,13-12+/t15-,16+,17+,18+,19-/m0/s1. The van der Waals surface area contributed by atoms with Crippen LogP contribution in [0.4, 0.5) is 0 Å². The fourth-order valence-corrected chi connectivity index (χ4v) is 2.98. The topological polar surface area (TPSA) is 107 Å². The quantitative estimate of drug-likeness (QED) is 0.293. The summed E-state index contributed by atoms with van der Waals surface area (Å²) in [5, 5.41) is 38.6. The van der Waals surface area contributed by atoms with Gasteiger partial charge in [0.15, 0.2) is 0 Å². The molecular weight excluding hydrogens is 336 g/mol. The lowest BCUT2D eigenvalue weighted by Crippen LogP contribution is -2.24. The van der Waals surface area contributed by atoms with E-state index >= 15 is 0 Å². The van der Waals surface area contributed by atoms with Gasteiger partial charge in [-0.15, -0.1) is 0 Å². The fraction of sp³-hybridized carbons (Fsp3) is 0.750. The van der Waals surface area contributed by atoms with Crippen molar-refractivity contribution in [1.82, 2.24) is 0 Å². The third-order valence-corrected chi connectivity index (χ3v) is 4.56. The van der Waals surface area contributed by atoms with E-state index in [1.807, 2.05) is 6.08 Å². The number of aliphatic hydroxyl groups excluding tert-OH is 3. The number of carboxylic acids is 1. The highest BCUT2D eigenvalue weighted by Gasteiger charge is 2.36. The molecule has 0 saturated carbocycles. The Kier molecular flexibility index (Phi) is 11.4. The molecule has 4 N–H and O–H groups in total. The van der Waals surface area contributed by atoms with Crippen LogP contribution in [0, 0.1) is 0 Å². The van der Waals surface area contributed by atoms with Gasteiger partial charge in [0, 0.05) is 12.8 Å². The third-order valence-electron chi connectivity index (χ3n) is 4.56. The van der Waals surface area contributed by atoms with Gasteiger partial charge in [0.1, 0.15) is 0 Å². The van der Waals surface area contributed by atoms with E-state index in [1.165, 1.54) is 31.4 Å². The lowest BCUT2D eigenvalue weighted by atomic mass is 10.0. The van der Waals surface area contributed by atoms with Gasteiger partial charge in [-0.2, -0.15) is 0 Å². The van der Waals surface area contributed by atoms with Crippen molar-refractivity contribution in [2.45, 2.75) is 95.2 Å². The summed E-state index contributed by atoms with van der Waals surface area (Å²) in [5.41, 5.74) is 0. The lowest BCUT2D eigenvalue weighted by molar-refractivity contribution is -0.137. The van der Waals surface area contributed by atoms with Gasteiger partial charge in [0.05, 0.1) is 30.5 Å². The van der Waals surface area contributed by atoms with Crippen LogP contribution in [0.3, 0.4) is 0 Å². The van der Waals surface area contributed by atoms with E-state index in [0.717, 1.165) is 6.42 Å². The molecule has 5 atom stereocenters. The van der Waals surface area contributed by atoms with Gasteiger partial charge < -0.3 is 25.2 Å². The largest absolute Gasteiger partial charge is 0.481 e. The monoisotopic (exact) mass is 370 g/mol. The normalized spacial score (nSPS) is 25.9. The number of carboxylic acid groups (broad SMARTS) is 1. The van der Waals surface area contributed by atoms with Gasteiger partial charge in [-0.1, -0.05) is 44.1 Å². The Bertz CT molecular complexity index is 448. The minimum Gasteiger partial charge on any atom is -0.481 e. The second-order valence-electron chi connectivity index (χ2n) is 6.95. The second-order valence-corrected chi connectivity index (χ2v) is 6.95. The molecule has 6 nitrogen and oxygen atoms in total. The zero-order valence-corrected chi connectivity index (χ0v) is 15.7. The Hall–Kier alpha value is -1.21. The summed E-state index contributed by atoms with van der Waals surface area (Å²) in [5.74, 6) is -0.889. The van der Waals surface area contributed by atoms with Gasteiger partial charge in [0.2, 0.25) is 0 Å². The van der Waals surface area contributed by atoms with Crippen molar-refractivity contribution >= 4 is 5.97 Å². The maximum absolute atomic E-state index is 10.4. The van der Waals surface area contributed by atoms with E-state index < -0.39 is 30.4 Å². The van der Waals surface area contributed by atoms with Gasteiger partial charge in [-0.25, -0.2) is 0 Å². The number of ether oxygens (including phenoxy) is 1. The van der Waals surface area contributed by atoms with Crippen LogP contribution in [0.2, 0.25) is 0 Å². The van der Waals surface area contributed by atoms with Crippen molar-refractivity contribution in [3.8, 4) is 0 Å². The molecule has 150 valence electrons. The Morgan fingerprint density at radius 1 is 1.19 bits per heavy atom. The maximum Gasteiger partial charge on any atom is 0.303 e. The molecule has 1 rings (SSSR count). The Morgan fingerprint density at radius 3 is 2.65 bits per heavy atom. The summed E-state index contributed by atoms with van der Waals surface area (Å²) >= 11 is 0. The number of hydrogen-bond acceptors (Lipinski definition) is 5. The van der Waals surface area contributed by atoms with Crippen LogP contribution in [-0.4, -0.2) is 56.9 Å². The smallest absolute Gasteiger partial charge is 0.303 e. The first-order chi connectivity index (χ1) is 12.4. The molecule has 0 aliphatic carbocycles. The van der Waals surface area contributed by atoms with E-state index in [1.54, 1.807) is 0 Å². The highest BCUT2D eigenvalue weighted by Crippen LogP contribution is 2.26. The van der Waals surface area contributed by atoms with Gasteiger partial charge in [-0.3, -0.25) is 4.79 Å². The molecule has 0 amide bonds. The van der Waals surface area contributed by atoms with Crippen molar-refractivity contribution < 1.29 is 30.0 Å². The predicted octanol–water partition coefficient (Wildman–Crippen LogP) is 2.56. The molecule has 0 unspecified atom stereocenters. The average molecular weight is 370 g/mol. The van der Waals surface area contributed by atoms with Crippen LogP contribution in [0.15, 0.2) is 24.3 Å². The molecule has 6 heteroatoms. The number of aliphatic carboxylic acids is 1. The van der Waals surface area contributed by atoms with E-state index in [4.69, 9.17) is 9.84 Å². The van der Waals surface area contributed by atoms with Gasteiger partial charge in [-0.05, 0) is 32.1 Å². The number of aliphatic hydroxyl groups is 3. The summed E-state index contributed by atoms with van der Waals surface area (Å²) in [6.45, 7) is 2.17. The first-order valence-electron chi connectivity index (χ1n) is 9.68. The summed E-state index contributed by atoms with van der Waals surface area (Å²) in [6, 6.07) is 0. The van der Waals surface area contributed by atoms with Gasteiger partial charge in [0.25, 0.3) is 0 Å². The van der Waals surface area contributed by atoms with Crippen LogP contribution < -0.4 is 0 Å². The van der Waals surface area contributed by atoms with Crippen LogP contribution in [0.1, 0.15) is 64.7 Å². The molecule has 1 aliphatic rings. The highest BCUT2D eigenvalue weighted by atomic mass is 16.5. The summed E-state index contributed by atoms with van der Waals surface area (Å²) in [4.78, 5) is 10.4. The summed E-state index contributed by atoms with van der Waals surface area (Å²) < 4.78 is 5.75. The van der Waals surface area contributed by atoms with E-state index in [-0.39, 0.29) is 12.5 Å². The molecule has 0 spiro atoms. The minimum absolute atomic E-state index is 0.0129. The predicted molar refractivity (Wildman–Crippen MR) is 99.8 cm³/mol. The van der Waals surface area contributed by atoms with E-state index in [2.05, 4.69) is 13.0 Å². The molecule has 26 heavy (non-hydrogen) atoms. The molecule has 0 bridgehead atoms. The van der Waals surface area contributed by atoms with Gasteiger partial charge >= 0.3 is 5.97 Å². The molecule has 1 fully saturated rings. The Balaban J connectivity index is 2.31. The number of unbranched alkanes of at least 4 members (excludes halogenated alkanes) is 3. The lowest BCUT2D eigenvalue weighted by Gasteiger charge is -2.16. The second kappa shape index (κ2) is 13.0. The fourth-order valence-electron chi connectivity index (χ4n) is 2.98. The first-order valence-corrected chi connectivity index (χ1v) is 9.68. The Morgan fingerprint density at radius 2 is 1.96 bits per heavy atom. The average Bonchev–Trinajstić information content (AvgIpc) is 2.96. The van der Waals surface area contributed by atoms with Crippen LogP contribution in [0.25, 0.3) is 0 Å².